The van der Waals surface area contributed by atoms with Crippen molar-refractivity contribution in [2.45, 2.75) is 20.0 Å². The normalized spacial score (nSPS) is 17.0. The van der Waals surface area contributed by atoms with Crippen LogP contribution in [0.2, 0.25) is 0 Å². The number of rotatable bonds is 4. The zero-order valence-corrected chi connectivity index (χ0v) is 16.1. The highest BCUT2D eigenvalue weighted by atomic mass is 19.4. The van der Waals surface area contributed by atoms with Gasteiger partial charge in [0.1, 0.15) is 11.7 Å². The van der Waals surface area contributed by atoms with Gasteiger partial charge in [0.25, 0.3) is 5.91 Å². The number of carbonyl (C=O) groups is 1. The van der Waals surface area contributed by atoms with Gasteiger partial charge in [-0.05, 0) is 43.7 Å². The number of amides is 1. The molecule has 0 unspecified atom stereocenters. The van der Waals surface area contributed by atoms with E-state index >= 15 is 0 Å². The first-order valence-corrected chi connectivity index (χ1v) is 8.83. The fourth-order valence-electron chi connectivity index (χ4n) is 3.11. The standard InChI is InChI=1S/C20H19F3N6O/c1-11-10-15(13-6-3-4-7-14(13)20(21,22)23)28-29-17(12(2)26-18(11)29)19(30)27-16(25)8-5-9-24/h3-10,24,26,28H,1-2H3,(H2,25,27,30)/b8-5-,24-9?. The molecule has 30 heavy (non-hydrogen) atoms. The average Bonchev–Trinajstić information content (AvgIpc) is 3.02. The highest BCUT2D eigenvalue weighted by Gasteiger charge is 2.37. The van der Waals surface area contributed by atoms with Gasteiger partial charge in [-0.2, -0.15) is 18.2 Å². The van der Waals surface area contributed by atoms with Crippen molar-refractivity contribution in [3.8, 4) is 0 Å². The van der Waals surface area contributed by atoms with Crippen molar-refractivity contribution in [2.75, 3.05) is 0 Å². The Hall–Kier alpha value is -3.82. The third kappa shape index (κ3) is 3.97. The summed E-state index contributed by atoms with van der Waals surface area (Å²) in [4.78, 5) is 16.5. The van der Waals surface area contributed by atoms with Gasteiger partial charge in [0.05, 0.1) is 11.3 Å². The molecular formula is C20H19F3N6O. The van der Waals surface area contributed by atoms with Crippen LogP contribution in [0, 0.1) is 5.41 Å². The summed E-state index contributed by atoms with van der Waals surface area (Å²) in [5.41, 5.74) is 9.09. The minimum Gasteiger partial charge on any atom is -0.384 e. The number of alkyl halides is 3. The van der Waals surface area contributed by atoms with Crippen molar-refractivity contribution >= 4 is 23.7 Å². The van der Waals surface area contributed by atoms with Gasteiger partial charge in [0.2, 0.25) is 0 Å². The quantitative estimate of drug-likeness (QED) is 0.446. The van der Waals surface area contributed by atoms with Crippen molar-refractivity contribution in [3.63, 3.8) is 0 Å². The predicted octanol–water partition coefficient (Wildman–Crippen LogP) is 3.02. The van der Waals surface area contributed by atoms with E-state index in [4.69, 9.17) is 11.1 Å². The number of fused-ring (bicyclic) bond motifs is 1. The number of nitrogens with two attached hydrogens (primary N) is 1. The lowest BCUT2D eigenvalue weighted by atomic mass is 10.0. The number of hydrogen-bond acceptors (Lipinski definition) is 5. The van der Waals surface area contributed by atoms with Gasteiger partial charge in [-0.15, -0.1) is 0 Å². The monoisotopic (exact) mass is 416 g/mol. The molecule has 3 rings (SSSR count). The smallest absolute Gasteiger partial charge is 0.384 e. The van der Waals surface area contributed by atoms with E-state index in [1.165, 1.54) is 35.4 Å². The Morgan fingerprint density at radius 3 is 2.63 bits per heavy atom. The summed E-state index contributed by atoms with van der Waals surface area (Å²) in [6.45, 7) is 3.37. The topological polar surface area (TPSA) is 107 Å². The molecule has 1 aromatic carbocycles. The number of hydrogen-bond donors (Lipinski definition) is 4. The lowest BCUT2D eigenvalue weighted by Gasteiger charge is -2.30. The highest BCUT2D eigenvalue weighted by molar-refractivity contribution is 6.07. The van der Waals surface area contributed by atoms with Crippen molar-refractivity contribution < 1.29 is 18.0 Å². The first-order chi connectivity index (χ1) is 14.1. The first-order valence-electron chi connectivity index (χ1n) is 8.83. The van der Waals surface area contributed by atoms with E-state index < -0.39 is 17.6 Å². The zero-order chi connectivity index (χ0) is 22.1. The molecule has 0 spiro atoms. The molecule has 7 nitrogen and oxygen atoms in total. The summed E-state index contributed by atoms with van der Waals surface area (Å²) in [7, 11) is 0. The minimum absolute atomic E-state index is 0.0447. The SMILES string of the molecule is CC1=C2NC(C)=C(C(=O)N=C(N)/C=C\C=N)N2NC(c2ccccc2C(F)(F)F)=C1. The van der Waals surface area contributed by atoms with Crippen LogP contribution in [-0.2, 0) is 11.0 Å². The fourth-order valence-corrected chi connectivity index (χ4v) is 3.11. The molecule has 0 atom stereocenters. The number of carbonyl (C=O) groups excluding carboxylic acids is 1. The Bertz CT molecular complexity index is 1060. The second kappa shape index (κ2) is 7.90. The number of nitrogens with zero attached hydrogens (tertiary/aromatic N) is 2. The molecule has 0 aliphatic carbocycles. The van der Waals surface area contributed by atoms with Crippen molar-refractivity contribution in [3.05, 3.63) is 76.4 Å². The molecule has 5 N–H and O–H groups in total. The summed E-state index contributed by atoms with van der Waals surface area (Å²) in [6.07, 6.45) is 0.628. The first kappa shape index (κ1) is 20.9. The molecule has 0 fully saturated rings. The number of amidine groups is 1. The van der Waals surface area contributed by atoms with E-state index in [-0.39, 0.29) is 22.8 Å². The zero-order valence-electron chi connectivity index (χ0n) is 16.1. The Balaban J connectivity index is 1.99. The van der Waals surface area contributed by atoms with Crippen LogP contribution in [0.5, 0.6) is 0 Å². The third-order valence-electron chi connectivity index (χ3n) is 4.39. The molecule has 156 valence electrons. The lowest BCUT2D eigenvalue weighted by molar-refractivity contribution is -0.137. The van der Waals surface area contributed by atoms with Crippen LogP contribution in [0.3, 0.4) is 0 Å². The maximum Gasteiger partial charge on any atom is 0.417 e. The maximum absolute atomic E-state index is 13.5. The molecule has 0 radical (unpaired) electrons. The Morgan fingerprint density at radius 1 is 1.27 bits per heavy atom. The van der Waals surface area contributed by atoms with Crippen molar-refractivity contribution in [1.29, 1.82) is 5.41 Å². The lowest BCUT2D eigenvalue weighted by Crippen LogP contribution is -2.40. The van der Waals surface area contributed by atoms with Gasteiger partial charge >= 0.3 is 6.18 Å². The summed E-state index contributed by atoms with van der Waals surface area (Å²) in [5, 5.41) is 11.4. The molecule has 0 saturated carbocycles. The summed E-state index contributed by atoms with van der Waals surface area (Å²) in [6, 6.07) is 5.19. The molecule has 1 amide bonds. The molecular weight excluding hydrogens is 397 g/mol. The fraction of sp³-hybridized carbons (Fsp3) is 0.150. The maximum atomic E-state index is 13.5. The van der Waals surface area contributed by atoms with E-state index in [0.29, 0.717) is 17.1 Å². The van der Waals surface area contributed by atoms with Crippen LogP contribution in [0.15, 0.2) is 70.3 Å². The number of benzene rings is 1. The summed E-state index contributed by atoms with van der Waals surface area (Å²) < 4.78 is 40.4. The second-order valence-corrected chi connectivity index (χ2v) is 6.55. The van der Waals surface area contributed by atoms with E-state index in [1.54, 1.807) is 19.9 Å². The predicted molar refractivity (Wildman–Crippen MR) is 107 cm³/mol. The highest BCUT2D eigenvalue weighted by Crippen LogP contribution is 2.37. The number of halogens is 3. The summed E-state index contributed by atoms with van der Waals surface area (Å²) in [5.74, 6) is -0.283. The van der Waals surface area contributed by atoms with Gasteiger partial charge in [-0.25, -0.2) is 5.01 Å². The molecule has 0 saturated heterocycles. The summed E-state index contributed by atoms with van der Waals surface area (Å²) >= 11 is 0. The van der Waals surface area contributed by atoms with E-state index in [9.17, 15) is 18.0 Å². The van der Waals surface area contributed by atoms with Crippen molar-refractivity contribution in [1.82, 2.24) is 15.8 Å². The van der Waals surface area contributed by atoms with Gasteiger partial charge in [-0.3, -0.25) is 10.2 Å². The second-order valence-electron chi connectivity index (χ2n) is 6.55. The van der Waals surface area contributed by atoms with E-state index in [2.05, 4.69) is 15.7 Å². The largest absolute Gasteiger partial charge is 0.417 e. The molecule has 10 heteroatoms. The third-order valence-corrected chi connectivity index (χ3v) is 4.39. The van der Waals surface area contributed by atoms with Crippen LogP contribution in [0.25, 0.3) is 5.70 Å². The van der Waals surface area contributed by atoms with Gasteiger partial charge < -0.3 is 16.5 Å². The Labute approximate surface area is 170 Å². The van der Waals surface area contributed by atoms with Crippen LogP contribution in [0.1, 0.15) is 25.0 Å². The molecule has 2 aliphatic heterocycles. The molecule has 2 heterocycles. The number of nitrogens with one attached hydrogen (secondary N) is 3. The van der Waals surface area contributed by atoms with Crippen LogP contribution >= 0.6 is 0 Å². The van der Waals surface area contributed by atoms with Crippen LogP contribution in [-0.4, -0.2) is 23.0 Å². The molecule has 2 aliphatic rings. The minimum atomic E-state index is -4.54. The van der Waals surface area contributed by atoms with Gasteiger partial charge in [0.15, 0.2) is 5.70 Å². The molecule has 1 aromatic rings. The number of aliphatic imine (C=N–C) groups is 1. The van der Waals surface area contributed by atoms with E-state index in [0.717, 1.165) is 12.3 Å². The molecule has 0 aromatic heterocycles. The van der Waals surface area contributed by atoms with E-state index in [1.807, 2.05) is 0 Å². The molecule has 0 bridgehead atoms. The average molecular weight is 416 g/mol. The Morgan fingerprint density at radius 2 is 1.97 bits per heavy atom. The van der Waals surface area contributed by atoms with Gasteiger partial charge in [0, 0.05) is 17.5 Å². The van der Waals surface area contributed by atoms with Crippen LogP contribution in [0.4, 0.5) is 13.2 Å². The van der Waals surface area contributed by atoms with Crippen LogP contribution < -0.4 is 16.5 Å². The Kier molecular flexibility index (Phi) is 5.50. The van der Waals surface area contributed by atoms with Gasteiger partial charge in [-0.1, -0.05) is 18.2 Å². The number of hydrazine groups is 1. The number of allylic oxidation sites excluding steroid dienone is 4. The van der Waals surface area contributed by atoms with Crippen molar-refractivity contribution in [2.24, 2.45) is 10.7 Å².